The Morgan fingerprint density at radius 1 is 1.11 bits per heavy atom. The van der Waals surface area contributed by atoms with Gasteiger partial charge in [0, 0.05) is 0 Å². The summed E-state index contributed by atoms with van der Waals surface area (Å²) in [5, 5.41) is 10.3. The number of carbonyl (C=O) groups excluding carboxylic acids is 2. The van der Waals surface area contributed by atoms with E-state index in [2.05, 4.69) is 0 Å². The molecule has 0 aliphatic carbocycles. The molecule has 0 aliphatic heterocycles. The summed E-state index contributed by atoms with van der Waals surface area (Å²) in [6.07, 6.45) is 0.413. The molecule has 0 spiro atoms. The average molecular weight is 442 g/mol. The van der Waals surface area contributed by atoms with E-state index in [-0.39, 0.29) is 33.7 Å². The summed E-state index contributed by atoms with van der Waals surface area (Å²) in [4.78, 5) is 38.5. The Morgan fingerprint density at radius 3 is 2.19 bits per heavy atom. The van der Waals surface area contributed by atoms with E-state index in [9.17, 15) is 19.5 Å². The Kier molecular flexibility index (Phi) is 9.66. The molecule has 0 radical (unpaired) electrons. The molecule has 0 bridgehead atoms. The van der Waals surface area contributed by atoms with E-state index >= 15 is 0 Å². The first-order chi connectivity index (χ1) is 12.7. The summed E-state index contributed by atoms with van der Waals surface area (Å²) in [6, 6.07) is 5.92. The molecule has 1 rings (SSSR count). The molecule has 0 fully saturated rings. The van der Waals surface area contributed by atoms with E-state index in [1.807, 2.05) is 36.2 Å². The van der Waals surface area contributed by atoms with Gasteiger partial charge in [0.15, 0.2) is 0 Å². The first kappa shape index (κ1) is 23.3. The molecule has 8 heteroatoms. The molecule has 0 unspecified atom stereocenters. The number of benzene rings is 1. The molecular formula is C19H29N3O4Se. The van der Waals surface area contributed by atoms with E-state index in [0.717, 1.165) is 10.5 Å². The van der Waals surface area contributed by atoms with E-state index in [1.54, 1.807) is 13.8 Å². The third-order valence-electron chi connectivity index (χ3n) is 4.29. The van der Waals surface area contributed by atoms with Crippen LogP contribution < -0.4 is 11.5 Å². The zero-order valence-electron chi connectivity index (χ0n) is 16.0. The summed E-state index contributed by atoms with van der Waals surface area (Å²) in [6.45, 7) is 3.50. The Balaban J connectivity index is 3.15. The number of carbonyl (C=O) groups is 3. The summed E-state index contributed by atoms with van der Waals surface area (Å²) in [5.41, 5.74) is 12.8. The van der Waals surface area contributed by atoms with Crippen LogP contribution in [0.1, 0.15) is 25.8 Å². The second-order valence-corrected chi connectivity index (χ2v) is 8.82. The Labute approximate surface area is 166 Å². The third-order valence-corrected chi connectivity index (χ3v) is 5.64. The summed E-state index contributed by atoms with van der Waals surface area (Å²) in [7, 11) is 0. The molecule has 5 N–H and O–H groups in total. The van der Waals surface area contributed by atoms with Crippen molar-refractivity contribution in [3.63, 3.8) is 0 Å². The van der Waals surface area contributed by atoms with Crippen molar-refractivity contribution in [1.29, 1.82) is 0 Å². The van der Waals surface area contributed by atoms with Crippen LogP contribution >= 0.6 is 0 Å². The van der Waals surface area contributed by atoms with Crippen LogP contribution in [0.5, 0.6) is 0 Å². The van der Waals surface area contributed by atoms with Crippen molar-refractivity contribution in [2.45, 2.75) is 56.0 Å². The number of aliphatic carboxylic acids is 1. The van der Waals surface area contributed by atoms with Crippen LogP contribution in [0.2, 0.25) is 11.1 Å². The van der Waals surface area contributed by atoms with Crippen LogP contribution in [0.25, 0.3) is 0 Å². The van der Waals surface area contributed by atoms with Gasteiger partial charge in [-0.05, 0) is 0 Å². The second-order valence-electron chi connectivity index (χ2n) is 6.75. The van der Waals surface area contributed by atoms with Crippen molar-refractivity contribution in [1.82, 2.24) is 4.90 Å². The molecular weight excluding hydrogens is 413 g/mol. The number of hydrogen-bond acceptors (Lipinski definition) is 5. The third kappa shape index (κ3) is 6.74. The standard InChI is InChI=1S/C19H29N3O4Se/c1-12(2)16(21)18(24)22(15(19(25)26)9-10-27-3)17(23)14(20)11-13-7-5-4-6-8-13/h4-8,12,14-16H,9-11,20-21H2,1-3H3,(H,25,26)/t14-,15-,16-/m0/s1. The Hall–Kier alpha value is -1.73. The first-order valence-electron chi connectivity index (χ1n) is 8.84. The van der Waals surface area contributed by atoms with Crippen LogP contribution in [-0.2, 0) is 20.8 Å². The van der Waals surface area contributed by atoms with Gasteiger partial charge in [-0.3, -0.25) is 0 Å². The molecule has 7 nitrogen and oxygen atoms in total. The summed E-state index contributed by atoms with van der Waals surface area (Å²) in [5.74, 6) is -0.863. The molecule has 27 heavy (non-hydrogen) atoms. The summed E-state index contributed by atoms with van der Waals surface area (Å²) >= 11 is 0.220. The van der Waals surface area contributed by atoms with Gasteiger partial charge < -0.3 is 0 Å². The van der Waals surface area contributed by atoms with Gasteiger partial charge in [-0.1, -0.05) is 0 Å². The van der Waals surface area contributed by atoms with Crippen molar-refractivity contribution < 1.29 is 19.5 Å². The van der Waals surface area contributed by atoms with Crippen molar-refractivity contribution in [3.8, 4) is 0 Å². The first-order valence-corrected chi connectivity index (χ1v) is 11.8. The molecule has 2 amide bonds. The molecule has 1 aromatic carbocycles. The van der Waals surface area contributed by atoms with Crippen LogP contribution in [0.4, 0.5) is 0 Å². The van der Waals surface area contributed by atoms with E-state index < -0.39 is 35.9 Å². The monoisotopic (exact) mass is 443 g/mol. The molecule has 0 saturated heterocycles. The van der Waals surface area contributed by atoms with Crippen LogP contribution in [-0.4, -0.2) is 60.9 Å². The zero-order valence-corrected chi connectivity index (χ0v) is 17.7. The SMILES string of the molecule is C[Se]CC[C@@H](C(=O)O)N(C(=O)[C@@H](N)C(C)C)C(=O)[C@@H](N)Cc1ccccc1. The zero-order chi connectivity index (χ0) is 20.6. The van der Waals surface area contributed by atoms with E-state index in [4.69, 9.17) is 11.5 Å². The number of nitrogens with two attached hydrogens (primary N) is 2. The fraction of sp³-hybridized carbons (Fsp3) is 0.526. The molecule has 3 atom stereocenters. The van der Waals surface area contributed by atoms with Crippen LogP contribution in [0.3, 0.4) is 0 Å². The van der Waals surface area contributed by atoms with E-state index in [1.165, 1.54) is 0 Å². The van der Waals surface area contributed by atoms with Crippen molar-refractivity contribution in [3.05, 3.63) is 35.9 Å². The van der Waals surface area contributed by atoms with Gasteiger partial charge in [-0.2, -0.15) is 0 Å². The van der Waals surface area contributed by atoms with Gasteiger partial charge in [0.1, 0.15) is 0 Å². The van der Waals surface area contributed by atoms with Gasteiger partial charge in [0.2, 0.25) is 0 Å². The predicted octanol–water partition coefficient (Wildman–Crippen LogP) is 0.909. The Morgan fingerprint density at radius 2 is 1.70 bits per heavy atom. The van der Waals surface area contributed by atoms with Gasteiger partial charge in [-0.25, -0.2) is 0 Å². The topological polar surface area (TPSA) is 127 Å². The second kappa shape index (κ2) is 11.2. The van der Waals surface area contributed by atoms with Crippen molar-refractivity contribution in [2.75, 3.05) is 0 Å². The molecule has 0 aromatic heterocycles. The van der Waals surface area contributed by atoms with E-state index in [0.29, 0.717) is 5.32 Å². The number of imide groups is 1. The number of hydrogen-bond donors (Lipinski definition) is 3. The molecule has 0 heterocycles. The predicted molar refractivity (Wildman–Crippen MR) is 105 cm³/mol. The molecule has 1 aromatic rings. The fourth-order valence-electron chi connectivity index (χ4n) is 2.59. The molecule has 0 aliphatic rings. The van der Waals surface area contributed by atoms with Gasteiger partial charge in [0.05, 0.1) is 0 Å². The number of nitrogens with zero attached hydrogens (tertiary/aromatic N) is 1. The minimum atomic E-state index is -1.25. The maximum absolute atomic E-state index is 13.0. The normalized spacial score (nSPS) is 14.4. The number of amides is 2. The van der Waals surface area contributed by atoms with Gasteiger partial charge >= 0.3 is 166 Å². The molecule has 0 saturated carbocycles. The fourth-order valence-corrected chi connectivity index (χ4v) is 3.55. The number of carboxylic acid groups (broad SMARTS) is 1. The minimum absolute atomic E-state index is 0.201. The van der Waals surface area contributed by atoms with Crippen molar-refractivity contribution in [2.24, 2.45) is 17.4 Å². The molecule has 150 valence electrons. The number of rotatable bonds is 10. The van der Waals surface area contributed by atoms with Gasteiger partial charge in [0.25, 0.3) is 0 Å². The van der Waals surface area contributed by atoms with Gasteiger partial charge in [-0.15, -0.1) is 0 Å². The Bertz CT molecular complexity index is 639. The average Bonchev–Trinajstić information content (AvgIpc) is 2.63. The van der Waals surface area contributed by atoms with Crippen molar-refractivity contribution >= 4 is 32.7 Å². The summed E-state index contributed by atoms with van der Waals surface area (Å²) < 4.78 is 0. The van der Waals surface area contributed by atoms with Crippen LogP contribution in [0, 0.1) is 5.92 Å². The quantitative estimate of drug-likeness (QED) is 0.463. The van der Waals surface area contributed by atoms with Crippen LogP contribution in [0.15, 0.2) is 30.3 Å². The maximum atomic E-state index is 13.0. The number of carboxylic acids is 1.